The topological polar surface area (TPSA) is 12.0 Å². The molecule has 10 heavy (non-hydrogen) atoms. The molecule has 0 aliphatic heterocycles. The molecule has 1 N–H and O–H groups in total. The summed E-state index contributed by atoms with van der Waals surface area (Å²) in [5, 5.41) is 2.95. The normalized spacial score (nSPS) is 31.2. The highest BCUT2D eigenvalue weighted by atomic mass is 35.5. The Bertz CT molecular complexity index is 93.7. The van der Waals surface area contributed by atoms with Crippen LogP contribution in [0, 0.1) is 5.92 Å². The maximum Gasteiger partial charge on any atom is 0.241 e. The predicted octanol–water partition coefficient (Wildman–Crippen LogP) is 1.67. The Balaban J connectivity index is 0.000000810. The summed E-state index contributed by atoms with van der Waals surface area (Å²) in [4.78, 5) is 0. The van der Waals surface area contributed by atoms with E-state index in [1.54, 1.807) is 0 Å². The van der Waals surface area contributed by atoms with Crippen molar-refractivity contribution < 1.29 is 8.78 Å². The molecule has 1 aliphatic rings. The van der Waals surface area contributed by atoms with E-state index in [2.05, 4.69) is 5.32 Å². The van der Waals surface area contributed by atoms with Crippen molar-refractivity contribution in [2.75, 3.05) is 7.05 Å². The largest absolute Gasteiger partial charge is 0.317 e. The zero-order valence-electron chi connectivity index (χ0n) is 5.81. The van der Waals surface area contributed by atoms with Gasteiger partial charge in [-0.1, -0.05) is 0 Å². The van der Waals surface area contributed by atoms with Crippen LogP contribution in [-0.4, -0.2) is 19.5 Å². The van der Waals surface area contributed by atoms with Crippen molar-refractivity contribution in [2.24, 2.45) is 5.92 Å². The number of halogens is 3. The molecule has 1 saturated carbocycles. The van der Waals surface area contributed by atoms with Crippen molar-refractivity contribution in [3.05, 3.63) is 0 Å². The van der Waals surface area contributed by atoms with Gasteiger partial charge in [-0.05, 0) is 19.9 Å². The molecule has 0 spiro atoms. The summed E-state index contributed by atoms with van der Waals surface area (Å²) in [5.74, 6) is -0.331. The predicted molar refractivity (Wildman–Crippen MR) is 38.8 cm³/mol. The molecule has 1 fully saturated rings. The maximum absolute atomic E-state index is 11.8. The number of hydrogen-bond donors (Lipinski definition) is 1. The van der Waals surface area contributed by atoms with Crippen LogP contribution in [-0.2, 0) is 0 Å². The first kappa shape index (κ1) is 10.1. The lowest BCUT2D eigenvalue weighted by molar-refractivity contribution is 0.0177. The summed E-state index contributed by atoms with van der Waals surface area (Å²) in [7, 11) is 1.81. The molecule has 4 heteroatoms. The number of alkyl halides is 2. The third kappa shape index (κ3) is 2.06. The van der Waals surface area contributed by atoms with Crippen LogP contribution in [0.1, 0.15) is 12.8 Å². The molecule has 0 aromatic carbocycles. The maximum atomic E-state index is 11.8. The first-order chi connectivity index (χ1) is 4.24. The fraction of sp³-hybridized carbons (Fsp3) is 1.00. The van der Waals surface area contributed by atoms with E-state index in [1.165, 1.54) is 0 Å². The lowest BCUT2D eigenvalue weighted by Crippen LogP contribution is -2.41. The second kappa shape index (κ2) is 4.09. The first-order valence-electron chi connectivity index (χ1n) is 3.19. The van der Waals surface area contributed by atoms with Gasteiger partial charge in [0, 0.05) is 12.0 Å². The smallest absolute Gasteiger partial charge is 0.241 e. The zero-order chi connectivity index (χ0) is 6.85. The third-order valence-electron chi connectivity index (χ3n) is 1.94. The van der Waals surface area contributed by atoms with Crippen molar-refractivity contribution in [3.63, 3.8) is 0 Å². The van der Waals surface area contributed by atoms with Crippen molar-refractivity contribution in [1.29, 1.82) is 0 Å². The van der Waals surface area contributed by atoms with Crippen molar-refractivity contribution in [1.82, 2.24) is 5.32 Å². The summed E-state index contributed by atoms with van der Waals surface area (Å²) in [6, 6.07) is 0.351. The van der Waals surface area contributed by atoms with Gasteiger partial charge in [-0.25, -0.2) is 8.78 Å². The number of hydrogen-bond acceptors (Lipinski definition) is 1. The molecule has 0 heterocycles. The summed E-state index contributed by atoms with van der Waals surface area (Å²) in [6.07, 6.45) is -0.808. The quantitative estimate of drug-likeness (QED) is 0.667. The van der Waals surface area contributed by atoms with Gasteiger partial charge in [0.25, 0.3) is 0 Å². The highest BCUT2D eigenvalue weighted by molar-refractivity contribution is 5.85. The van der Waals surface area contributed by atoms with E-state index in [1.807, 2.05) is 7.05 Å². The Morgan fingerprint density at radius 1 is 1.40 bits per heavy atom. The Morgan fingerprint density at radius 3 is 2.20 bits per heavy atom. The molecule has 1 aliphatic carbocycles. The van der Waals surface area contributed by atoms with Crippen LogP contribution in [0.25, 0.3) is 0 Å². The standard InChI is InChI=1S/C6H11F2N.ClH/c1-9-5-2-4(3-5)6(7)8;/h4-6,9H,2-3H2,1H3;1H. The molecule has 62 valence electrons. The lowest BCUT2D eigenvalue weighted by Gasteiger charge is -2.34. The molecular formula is C6H12ClF2N. The first-order valence-corrected chi connectivity index (χ1v) is 3.19. The number of nitrogens with one attached hydrogen (secondary N) is 1. The average molecular weight is 172 g/mol. The van der Waals surface area contributed by atoms with E-state index in [0.717, 1.165) is 0 Å². The molecule has 0 unspecified atom stereocenters. The van der Waals surface area contributed by atoms with E-state index in [0.29, 0.717) is 18.9 Å². The molecule has 0 saturated heterocycles. The van der Waals surface area contributed by atoms with Crippen molar-refractivity contribution >= 4 is 12.4 Å². The Kier molecular flexibility index (Phi) is 4.13. The third-order valence-corrected chi connectivity index (χ3v) is 1.94. The van der Waals surface area contributed by atoms with Crippen molar-refractivity contribution in [2.45, 2.75) is 25.3 Å². The van der Waals surface area contributed by atoms with E-state index in [-0.39, 0.29) is 18.3 Å². The van der Waals surface area contributed by atoms with E-state index in [9.17, 15) is 8.78 Å². The van der Waals surface area contributed by atoms with Gasteiger partial charge in [-0.3, -0.25) is 0 Å². The van der Waals surface area contributed by atoms with Crippen LogP contribution in [0.5, 0.6) is 0 Å². The van der Waals surface area contributed by atoms with Crippen LogP contribution in [0.2, 0.25) is 0 Å². The molecule has 0 aromatic rings. The van der Waals surface area contributed by atoms with Crippen LogP contribution >= 0.6 is 12.4 Å². The Hall–Kier alpha value is 0.110. The van der Waals surface area contributed by atoms with E-state index < -0.39 is 6.43 Å². The second-order valence-electron chi connectivity index (χ2n) is 2.55. The van der Waals surface area contributed by atoms with Crippen LogP contribution in [0.3, 0.4) is 0 Å². The molecular weight excluding hydrogens is 160 g/mol. The number of rotatable bonds is 2. The fourth-order valence-corrected chi connectivity index (χ4v) is 1.10. The Morgan fingerprint density at radius 2 is 1.90 bits per heavy atom. The molecule has 0 amide bonds. The molecule has 0 aromatic heterocycles. The fourth-order valence-electron chi connectivity index (χ4n) is 1.10. The van der Waals surface area contributed by atoms with Crippen LogP contribution in [0.15, 0.2) is 0 Å². The summed E-state index contributed by atoms with van der Waals surface area (Å²) >= 11 is 0. The van der Waals surface area contributed by atoms with E-state index in [4.69, 9.17) is 0 Å². The minimum absolute atomic E-state index is 0. The van der Waals surface area contributed by atoms with E-state index >= 15 is 0 Å². The minimum Gasteiger partial charge on any atom is -0.317 e. The van der Waals surface area contributed by atoms with Gasteiger partial charge in [0.2, 0.25) is 6.43 Å². The molecule has 0 bridgehead atoms. The van der Waals surface area contributed by atoms with Gasteiger partial charge >= 0.3 is 0 Å². The van der Waals surface area contributed by atoms with Gasteiger partial charge in [-0.2, -0.15) is 0 Å². The van der Waals surface area contributed by atoms with Gasteiger partial charge < -0.3 is 5.32 Å². The highest BCUT2D eigenvalue weighted by Gasteiger charge is 2.34. The van der Waals surface area contributed by atoms with Crippen molar-refractivity contribution in [3.8, 4) is 0 Å². The minimum atomic E-state index is -2.10. The van der Waals surface area contributed by atoms with Gasteiger partial charge in [0.1, 0.15) is 0 Å². The SMILES string of the molecule is CNC1CC(C(F)F)C1.Cl. The van der Waals surface area contributed by atoms with Gasteiger partial charge in [0.05, 0.1) is 0 Å². The Labute approximate surface area is 65.6 Å². The highest BCUT2D eigenvalue weighted by Crippen LogP contribution is 2.32. The molecule has 0 radical (unpaired) electrons. The van der Waals surface area contributed by atoms with Gasteiger partial charge in [-0.15, -0.1) is 12.4 Å². The average Bonchev–Trinajstić information content (AvgIpc) is 1.61. The summed E-state index contributed by atoms with van der Waals surface area (Å²) in [6.45, 7) is 0. The molecule has 1 nitrogen and oxygen atoms in total. The monoisotopic (exact) mass is 171 g/mol. The van der Waals surface area contributed by atoms with Crippen LogP contribution < -0.4 is 5.32 Å². The zero-order valence-corrected chi connectivity index (χ0v) is 6.63. The summed E-state index contributed by atoms with van der Waals surface area (Å²) < 4.78 is 23.5. The molecule has 0 atom stereocenters. The lowest BCUT2D eigenvalue weighted by atomic mass is 9.81. The molecule has 1 rings (SSSR count). The van der Waals surface area contributed by atoms with Crippen LogP contribution in [0.4, 0.5) is 8.78 Å². The summed E-state index contributed by atoms with van der Waals surface area (Å²) in [5.41, 5.74) is 0. The van der Waals surface area contributed by atoms with Gasteiger partial charge in [0.15, 0.2) is 0 Å². The second-order valence-corrected chi connectivity index (χ2v) is 2.55.